The van der Waals surface area contributed by atoms with Gasteiger partial charge in [0, 0.05) is 22.7 Å². The third-order valence-corrected chi connectivity index (χ3v) is 5.57. The molecule has 0 aliphatic carbocycles. The van der Waals surface area contributed by atoms with Crippen LogP contribution in [0, 0.1) is 36.1 Å². The van der Waals surface area contributed by atoms with Gasteiger partial charge in [-0.2, -0.15) is 0 Å². The van der Waals surface area contributed by atoms with E-state index in [9.17, 15) is 37.4 Å². The van der Waals surface area contributed by atoms with Gasteiger partial charge < -0.3 is 10.2 Å². The number of hydrogen-bond donors (Lipinski definition) is 2. The fraction of sp³-hybridized carbons (Fsp3) is 0.273. The van der Waals surface area contributed by atoms with Crippen molar-refractivity contribution in [3.63, 3.8) is 0 Å². The molecule has 0 saturated carbocycles. The van der Waals surface area contributed by atoms with E-state index in [2.05, 4.69) is 0 Å². The van der Waals surface area contributed by atoms with Crippen LogP contribution in [0.15, 0.2) is 24.3 Å². The molecule has 0 saturated heterocycles. The molecular weight excluding hydrogens is 418 g/mol. The molecule has 2 N–H and O–H groups in total. The zero-order valence-corrected chi connectivity index (χ0v) is 16.8. The number of halogens is 4. The number of aromatic nitrogens is 1. The maximum Gasteiger partial charge on any atom is 0.311 e. The molecule has 0 bridgehead atoms. The van der Waals surface area contributed by atoms with Crippen molar-refractivity contribution in [1.29, 1.82) is 0 Å². The van der Waals surface area contributed by atoms with E-state index < -0.39 is 58.1 Å². The average Bonchev–Trinajstić information content (AvgIpc) is 2.99. The van der Waals surface area contributed by atoms with Gasteiger partial charge in [-0.25, -0.2) is 17.6 Å². The lowest BCUT2D eigenvalue weighted by Gasteiger charge is -2.20. The van der Waals surface area contributed by atoms with E-state index in [1.807, 2.05) is 0 Å². The molecule has 0 aliphatic rings. The molecule has 0 fully saturated rings. The fourth-order valence-electron chi connectivity index (χ4n) is 3.80. The van der Waals surface area contributed by atoms with Gasteiger partial charge in [0.25, 0.3) is 5.91 Å². The SMILES string of the molecule is CCC(C)[C@@H](C(=O)O)c1c(C)n(C(=O)c2ccc(F)c(F)c2)c2cc(F)c(O)c(F)c12. The number of nitrogens with zero attached hydrogens (tertiary/aromatic N) is 1. The number of carboxylic acid groups (broad SMARTS) is 1. The number of rotatable bonds is 5. The van der Waals surface area contributed by atoms with Crippen LogP contribution in [0.2, 0.25) is 0 Å². The largest absolute Gasteiger partial charge is 0.503 e. The van der Waals surface area contributed by atoms with Crippen molar-refractivity contribution >= 4 is 22.8 Å². The standard InChI is InChI=1S/C22H19F4NO4/c1-4-9(2)16(22(30)31)17-10(3)27(15-8-14(25)20(28)19(26)18(15)17)21(29)11-5-6-12(23)13(24)7-11/h5-9,16,28H,4H2,1-3H3,(H,30,31)/t9?,16-/m1/s1. The molecular formula is C22H19F4NO4. The van der Waals surface area contributed by atoms with Gasteiger partial charge in [-0.15, -0.1) is 0 Å². The van der Waals surface area contributed by atoms with Crippen molar-refractivity contribution in [3.8, 4) is 5.75 Å². The maximum atomic E-state index is 15.0. The van der Waals surface area contributed by atoms with Gasteiger partial charge in [-0.1, -0.05) is 20.3 Å². The van der Waals surface area contributed by atoms with Crippen molar-refractivity contribution in [2.75, 3.05) is 0 Å². The second-order valence-corrected chi connectivity index (χ2v) is 7.39. The van der Waals surface area contributed by atoms with E-state index in [0.29, 0.717) is 18.6 Å². The molecule has 2 aromatic carbocycles. The van der Waals surface area contributed by atoms with E-state index >= 15 is 0 Å². The van der Waals surface area contributed by atoms with Gasteiger partial charge in [-0.3, -0.25) is 14.2 Å². The first-order valence-corrected chi connectivity index (χ1v) is 9.45. The topological polar surface area (TPSA) is 79.5 Å². The number of aromatic hydroxyl groups is 1. The summed E-state index contributed by atoms with van der Waals surface area (Å²) in [6, 6.07) is 3.08. The summed E-state index contributed by atoms with van der Waals surface area (Å²) < 4.78 is 56.9. The predicted octanol–water partition coefficient (Wildman–Crippen LogP) is 5.11. The summed E-state index contributed by atoms with van der Waals surface area (Å²) in [7, 11) is 0. The Hall–Kier alpha value is -3.36. The Morgan fingerprint density at radius 2 is 1.71 bits per heavy atom. The van der Waals surface area contributed by atoms with Crippen LogP contribution in [0.3, 0.4) is 0 Å². The lowest BCUT2D eigenvalue weighted by molar-refractivity contribution is -0.140. The van der Waals surface area contributed by atoms with E-state index in [4.69, 9.17) is 0 Å². The highest BCUT2D eigenvalue weighted by Crippen LogP contribution is 2.41. The summed E-state index contributed by atoms with van der Waals surface area (Å²) in [5, 5.41) is 19.2. The Balaban J connectivity index is 2.42. The number of aliphatic carboxylic acids is 1. The van der Waals surface area contributed by atoms with Crippen LogP contribution in [0.25, 0.3) is 10.9 Å². The highest BCUT2D eigenvalue weighted by atomic mass is 19.2. The molecule has 0 spiro atoms. The average molecular weight is 437 g/mol. The number of phenolic OH excluding ortho intramolecular Hbond substituents is 1. The van der Waals surface area contributed by atoms with Crippen LogP contribution >= 0.6 is 0 Å². The molecule has 9 heteroatoms. The van der Waals surface area contributed by atoms with Gasteiger partial charge >= 0.3 is 5.97 Å². The van der Waals surface area contributed by atoms with Crippen LogP contribution in [0.5, 0.6) is 5.75 Å². The van der Waals surface area contributed by atoms with Crippen molar-refractivity contribution in [2.24, 2.45) is 5.92 Å². The monoisotopic (exact) mass is 437 g/mol. The molecule has 0 radical (unpaired) electrons. The summed E-state index contributed by atoms with van der Waals surface area (Å²) in [6.45, 7) is 4.70. The van der Waals surface area contributed by atoms with E-state index in [-0.39, 0.29) is 22.3 Å². The number of phenols is 1. The van der Waals surface area contributed by atoms with Crippen LogP contribution in [0.4, 0.5) is 17.6 Å². The maximum absolute atomic E-state index is 15.0. The minimum Gasteiger partial charge on any atom is -0.503 e. The van der Waals surface area contributed by atoms with E-state index in [1.165, 1.54) is 6.92 Å². The van der Waals surface area contributed by atoms with Gasteiger partial charge in [-0.05, 0) is 36.6 Å². The predicted molar refractivity (Wildman–Crippen MR) is 104 cm³/mol. The number of carbonyl (C=O) groups excluding carboxylic acids is 1. The molecule has 0 amide bonds. The lowest BCUT2D eigenvalue weighted by Crippen LogP contribution is -2.21. The highest BCUT2D eigenvalue weighted by Gasteiger charge is 2.35. The minimum atomic E-state index is -1.40. The second kappa shape index (κ2) is 8.05. The quantitative estimate of drug-likeness (QED) is 0.544. The summed E-state index contributed by atoms with van der Waals surface area (Å²) in [5.74, 6) is -10.5. The summed E-state index contributed by atoms with van der Waals surface area (Å²) in [5.41, 5.74) is -0.749. The second-order valence-electron chi connectivity index (χ2n) is 7.39. The molecule has 2 atom stereocenters. The number of fused-ring (bicyclic) bond motifs is 1. The summed E-state index contributed by atoms with van der Waals surface area (Å²) in [4.78, 5) is 25.2. The number of hydrogen-bond acceptors (Lipinski definition) is 3. The molecule has 5 nitrogen and oxygen atoms in total. The fourth-order valence-corrected chi connectivity index (χ4v) is 3.80. The van der Waals surface area contributed by atoms with Crippen molar-refractivity contribution < 1.29 is 37.4 Å². The Bertz CT molecular complexity index is 1220. The van der Waals surface area contributed by atoms with Crippen LogP contribution in [-0.2, 0) is 4.79 Å². The first-order valence-electron chi connectivity index (χ1n) is 9.45. The summed E-state index contributed by atoms with van der Waals surface area (Å²) >= 11 is 0. The number of carbonyl (C=O) groups is 2. The van der Waals surface area contributed by atoms with Crippen molar-refractivity contribution in [1.82, 2.24) is 4.57 Å². The van der Waals surface area contributed by atoms with Gasteiger partial charge in [0.2, 0.25) is 0 Å². The lowest BCUT2D eigenvalue weighted by atomic mass is 9.84. The molecule has 1 heterocycles. The number of carboxylic acids is 1. The minimum absolute atomic E-state index is 0.0127. The summed E-state index contributed by atoms with van der Waals surface area (Å²) in [6.07, 6.45) is 0.398. The molecule has 31 heavy (non-hydrogen) atoms. The smallest absolute Gasteiger partial charge is 0.311 e. The zero-order chi connectivity index (χ0) is 23.2. The van der Waals surface area contributed by atoms with Crippen molar-refractivity contribution in [3.05, 3.63) is 64.4 Å². The Morgan fingerprint density at radius 3 is 2.26 bits per heavy atom. The van der Waals surface area contributed by atoms with Crippen LogP contribution in [0.1, 0.15) is 47.8 Å². The molecule has 1 aromatic heterocycles. The molecule has 3 rings (SSSR count). The van der Waals surface area contributed by atoms with Gasteiger partial charge in [0.15, 0.2) is 29.0 Å². The molecule has 3 aromatic rings. The first-order chi connectivity index (χ1) is 14.5. The zero-order valence-electron chi connectivity index (χ0n) is 16.8. The molecule has 1 unspecified atom stereocenters. The van der Waals surface area contributed by atoms with Crippen LogP contribution < -0.4 is 0 Å². The van der Waals surface area contributed by atoms with E-state index in [0.717, 1.165) is 16.7 Å². The van der Waals surface area contributed by atoms with Gasteiger partial charge in [0.1, 0.15) is 0 Å². The van der Waals surface area contributed by atoms with Crippen molar-refractivity contribution in [2.45, 2.75) is 33.1 Å². The Morgan fingerprint density at radius 1 is 1.06 bits per heavy atom. The normalized spacial score (nSPS) is 13.4. The van der Waals surface area contributed by atoms with Crippen LogP contribution in [-0.4, -0.2) is 26.7 Å². The Kier molecular flexibility index (Phi) is 5.80. The van der Waals surface area contributed by atoms with E-state index in [1.54, 1.807) is 13.8 Å². The highest BCUT2D eigenvalue weighted by molar-refractivity contribution is 6.05. The third-order valence-electron chi connectivity index (χ3n) is 5.57. The molecule has 0 aliphatic heterocycles. The Labute approximate surface area is 174 Å². The third kappa shape index (κ3) is 3.54. The van der Waals surface area contributed by atoms with Gasteiger partial charge in [0.05, 0.1) is 11.4 Å². The molecule has 164 valence electrons. The first kappa shape index (κ1) is 22.3. The number of benzene rings is 2.